The predicted octanol–water partition coefficient (Wildman–Crippen LogP) is 1.56. The second kappa shape index (κ2) is 8.80. The van der Waals surface area contributed by atoms with E-state index < -0.39 is 17.3 Å². The molecule has 1 aliphatic rings. The first kappa shape index (κ1) is 22.4. The summed E-state index contributed by atoms with van der Waals surface area (Å²) in [5.41, 5.74) is -2.30. The molecule has 0 aromatic carbocycles. The van der Waals surface area contributed by atoms with Crippen molar-refractivity contribution < 1.29 is 24.9 Å². The molecular formula is C19H37NO5. The summed E-state index contributed by atoms with van der Waals surface area (Å²) in [5, 5.41) is 31.7. The number of ether oxygens (including phenoxy) is 1. The Morgan fingerprint density at radius 3 is 2.40 bits per heavy atom. The van der Waals surface area contributed by atoms with Gasteiger partial charge in [-0.05, 0) is 59.4 Å². The third-order valence-corrected chi connectivity index (χ3v) is 5.44. The molecule has 3 N–H and O–H groups in total. The van der Waals surface area contributed by atoms with Gasteiger partial charge in [0.1, 0.15) is 18.3 Å². The van der Waals surface area contributed by atoms with Crippen LogP contribution in [0.3, 0.4) is 0 Å². The third-order valence-electron chi connectivity index (χ3n) is 5.44. The molecule has 3 unspecified atom stereocenters. The van der Waals surface area contributed by atoms with E-state index in [1.165, 1.54) is 6.92 Å². The van der Waals surface area contributed by atoms with Crippen molar-refractivity contribution in [3.8, 4) is 0 Å². The molecule has 1 aliphatic heterocycles. The number of hydrogen-bond acceptors (Lipinski definition) is 6. The average molecular weight is 360 g/mol. The molecular weight excluding hydrogens is 322 g/mol. The molecule has 0 aromatic rings. The van der Waals surface area contributed by atoms with Gasteiger partial charge in [-0.1, -0.05) is 13.8 Å². The van der Waals surface area contributed by atoms with Gasteiger partial charge < -0.3 is 25.0 Å². The highest BCUT2D eigenvalue weighted by molar-refractivity contribution is 5.71. The first-order valence-corrected chi connectivity index (χ1v) is 9.35. The number of aliphatic hydroxyl groups is 3. The van der Waals surface area contributed by atoms with Crippen LogP contribution in [-0.2, 0) is 9.53 Å². The summed E-state index contributed by atoms with van der Waals surface area (Å²) in [6.07, 6.45) is 1.59. The van der Waals surface area contributed by atoms with E-state index in [2.05, 4.69) is 6.92 Å². The van der Waals surface area contributed by atoms with Crippen LogP contribution in [0.2, 0.25) is 0 Å². The minimum atomic E-state index is -1.52. The predicted molar refractivity (Wildman–Crippen MR) is 97.1 cm³/mol. The van der Waals surface area contributed by atoms with Gasteiger partial charge in [-0.3, -0.25) is 4.79 Å². The number of rotatable bonds is 0. The molecule has 1 heterocycles. The fourth-order valence-electron chi connectivity index (χ4n) is 3.69. The summed E-state index contributed by atoms with van der Waals surface area (Å²) in [4.78, 5) is 14.1. The summed E-state index contributed by atoms with van der Waals surface area (Å²) in [5.74, 6) is -0.442. The van der Waals surface area contributed by atoms with Crippen molar-refractivity contribution in [2.24, 2.45) is 11.8 Å². The van der Waals surface area contributed by atoms with Gasteiger partial charge in [-0.25, -0.2) is 0 Å². The molecule has 1 rings (SSSR count). The number of nitrogens with zero attached hydrogens (tertiary/aromatic N) is 1. The smallest absolute Gasteiger partial charge is 0.308 e. The molecule has 25 heavy (non-hydrogen) atoms. The van der Waals surface area contributed by atoms with E-state index >= 15 is 0 Å². The highest BCUT2D eigenvalue weighted by atomic mass is 16.5. The minimum absolute atomic E-state index is 0.233. The highest BCUT2D eigenvalue weighted by Gasteiger charge is 2.38. The maximum atomic E-state index is 12.1. The van der Waals surface area contributed by atoms with Crippen LogP contribution in [0.4, 0.5) is 0 Å². The van der Waals surface area contributed by atoms with Gasteiger partial charge in [0, 0.05) is 12.6 Å². The number of carbonyl (C=O) groups excluding carboxylic acids is 1. The molecule has 0 aromatic heterocycles. The normalized spacial score (nSPS) is 43.8. The van der Waals surface area contributed by atoms with Crippen LogP contribution in [0.5, 0.6) is 0 Å². The van der Waals surface area contributed by atoms with Crippen LogP contribution in [0, 0.1) is 11.8 Å². The van der Waals surface area contributed by atoms with Gasteiger partial charge in [-0.2, -0.15) is 0 Å². The molecule has 1 saturated heterocycles. The van der Waals surface area contributed by atoms with E-state index in [9.17, 15) is 20.1 Å². The molecule has 6 heteroatoms. The molecule has 6 nitrogen and oxygen atoms in total. The van der Waals surface area contributed by atoms with Gasteiger partial charge >= 0.3 is 5.97 Å². The van der Waals surface area contributed by atoms with Gasteiger partial charge in [0.05, 0.1) is 11.5 Å². The van der Waals surface area contributed by atoms with Crippen LogP contribution in [0.15, 0.2) is 0 Å². The van der Waals surface area contributed by atoms with Crippen molar-refractivity contribution in [2.45, 2.75) is 83.6 Å². The van der Waals surface area contributed by atoms with Crippen molar-refractivity contribution >= 4 is 5.97 Å². The first-order valence-electron chi connectivity index (χ1n) is 9.35. The molecule has 0 amide bonds. The van der Waals surface area contributed by atoms with Gasteiger partial charge in [0.25, 0.3) is 0 Å². The van der Waals surface area contributed by atoms with Crippen LogP contribution in [-0.4, -0.2) is 69.7 Å². The molecule has 148 valence electrons. The van der Waals surface area contributed by atoms with Crippen molar-refractivity contribution in [1.29, 1.82) is 0 Å². The lowest BCUT2D eigenvalue weighted by Gasteiger charge is -2.38. The molecule has 0 bridgehead atoms. The molecule has 0 saturated carbocycles. The standard InChI is InChI=1S/C19H37NO5/c1-13-10-18(4,23)9-7-8-14(2)17(22)25-12-19(5,24)16(21)15(3)20(6)11-13/h13-16,21,23-24H,7-12H2,1-6H3/t13-,14?,15?,16?,18+,19-/m1/s1. The molecule has 1 fully saturated rings. The maximum Gasteiger partial charge on any atom is 0.308 e. The maximum absolute atomic E-state index is 12.1. The van der Waals surface area contributed by atoms with Crippen molar-refractivity contribution in [2.75, 3.05) is 20.2 Å². The van der Waals surface area contributed by atoms with E-state index in [-0.39, 0.29) is 30.5 Å². The lowest BCUT2D eigenvalue weighted by atomic mass is 9.87. The number of esters is 1. The first-order chi connectivity index (χ1) is 11.4. The van der Waals surface area contributed by atoms with Crippen LogP contribution in [0.1, 0.15) is 60.3 Å². The Morgan fingerprint density at radius 1 is 1.20 bits per heavy atom. The Morgan fingerprint density at radius 2 is 1.80 bits per heavy atom. The fraction of sp³-hybridized carbons (Fsp3) is 0.947. The second-order valence-electron chi connectivity index (χ2n) is 8.69. The Kier molecular flexibility index (Phi) is 7.87. The van der Waals surface area contributed by atoms with Crippen LogP contribution >= 0.6 is 0 Å². The number of hydrogen-bond donors (Lipinski definition) is 3. The third kappa shape index (κ3) is 6.85. The number of cyclic esters (lactones) is 1. The number of likely N-dealkylation sites (N-methyl/N-ethyl adjacent to an activating group) is 1. The summed E-state index contributed by atoms with van der Waals surface area (Å²) in [6, 6.07) is -0.316. The summed E-state index contributed by atoms with van der Waals surface area (Å²) in [6.45, 7) is 9.50. The number of aliphatic hydroxyl groups excluding tert-OH is 1. The Labute approximate surface area is 152 Å². The zero-order chi connectivity index (χ0) is 19.4. The SMILES string of the molecule is CC1CCC[C@](C)(O)C[C@@H](C)CN(C)C(C)C(O)[C@](C)(O)COC1=O. The quantitative estimate of drug-likeness (QED) is 0.569. The van der Waals surface area contributed by atoms with E-state index in [4.69, 9.17) is 4.74 Å². The van der Waals surface area contributed by atoms with E-state index in [0.29, 0.717) is 25.8 Å². The Hall–Kier alpha value is -0.690. The van der Waals surface area contributed by atoms with Gasteiger partial charge in [-0.15, -0.1) is 0 Å². The summed E-state index contributed by atoms with van der Waals surface area (Å²) in [7, 11) is 1.89. The fourth-order valence-corrected chi connectivity index (χ4v) is 3.69. The lowest BCUT2D eigenvalue weighted by molar-refractivity contribution is -0.166. The van der Waals surface area contributed by atoms with Gasteiger partial charge in [0.2, 0.25) is 0 Å². The molecule has 6 atom stereocenters. The van der Waals surface area contributed by atoms with Crippen molar-refractivity contribution in [3.63, 3.8) is 0 Å². The average Bonchev–Trinajstić information content (AvgIpc) is 2.49. The van der Waals surface area contributed by atoms with E-state index in [1.807, 2.05) is 25.8 Å². The van der Waals surface area contributed by atoms with E-state index in [0.717, 1.165) is 6.42 Å². The minimum Gasteiger partial charge on any atom is -0.462 e. The van der Waals surface area contributed by atoms with Crippen molar-refractivity contribution in [3.05, 3.63) is 0 Å². The number of carbonyl (C=O) groups is 1. The topological polar surface area (TPSA) is 90.2 Å². The molecule has 0 radical (unpaired) electrons. The van der Waals surface area contributed by atoms with Crippen LogP contribution in [0.25, 0.3) is 0 Å². The highest BCUT2D eigenvalue weighted by Crippen LogP contribution is 2.26. The summed E-state index contributed by atoms with van der Waals surface area (Å²) >= 11 is 0. The molecule has 0 aliphatic carbocycles. The monoisotopic (exact) mass is 359 g/mol. The Balaban J connectivity index is 2.95. The van der Waals surface area contributed by atoms with Crippen LogP contribution < -0.4 is 0 Å². The Bertz CT molecular complexity index is 438. The zero-order valence-corrected chi connectivity index (χ0v) is 16.7. The van der Waals surface area contributed by atoms with Gasteiger partial charge in [0.15, 0.2) is 0 Å². The lowest BCUT2D eigenvalue weighted by Crippen LogP contribution is -2.55. The largest absolute Gasteiger partial charge is 0.462 e. The van der Waals surface area contributed by atoms with E-state index in [1.54, 1.807) is 6.92 Å². The zero-order valence-electron chi connectivity index (χ0n) is 16.7. The molecule has 0 spiro atoms. The second-order valence-corrected chi connectivity index (χ2v) is 8.69. The van der Waals surface area contributed by atoms with Crippen molar-refractivity contribution in [1.82, 2.24) is 4.90 Å². The summed E-state index contributed by atoms with van der Waals surface area (Å²) < 4.78 is 5.24.